The number of aromatic nitrogens is 2. The number of anilines is 2. The van der Waals surface area contributed by atoms with Gasteiger partial charge in [0.25, 0.3) is 0 Å². The predicted molar refractivity (Wildman–Crippen MR) is 82.4 cm³/mol. The van der Waals surface area contributed by atoms with Gasteiger partial charge in [-0.15, -0.1) is 0 Å². The minimum Gasteiger partial charge on any atom is -0.383 e. The first-order chi connectivity index (χ1) is 9.81. The molecule has 1 saturated carbocycles. The van der Waals surface area contributed by atoms with Crippen LogP contribution in [-0.2, 0) is 11.2 Å². The van der Waals surface area contributed by atoms with Crippen LogP contribution in [0.4, 0.5) is 11.6 Å². The van der Waals surface area contributed by atoms with E-state index in [4.69, 9.17) is 4.74 Å². The van der Waals surface area contributed by atoms with Crippen molar-refractivity contribution in [2.45, 2.75) is 45.6 Å². The Morgan fingerprint density at radius 3 is 2.75 bits per heavy atom. The van der Waals surface area contributed by atoms with Crippen LogP contribution < -0.4 is 10.2 Å². The molecule has 1 aliphatic carbocycles. The summed E-state index contributed by atoms with van der Waals surface area (Å²) >= 11 is 0. The van der Waals surface area contributed by atoms with Crippen LogP contribution in [0.3, 0.4) is 0 Å². The Hall–Kier alpha value is -1.36. The van der Waals surface area contributed by atoms with Crippen LogP contribution in [0.2, 0.25) is 0 Å². The fourth-order valence-corrected chi connectivity index (χ4v) is 2.41. The lowest BCUT2D eigenvalue weighted by Crippen LogP contribution is -2.31. The maximum Gasteiger partial charge on any atom is 0.137 e. The molecule has 0 saturated heterocycles. The number of rotatable bonds is 9. The van der Waals surface area contributed by atoms with Gasteiger partial charge in [-0.05, 0) is 25.7 Å². The van der Waals surface area contributed by atoms with Gasteiger partial charge in [0.15, 0.2) is 0 Å². The summed E-state index contributed by atoms with van der Waals surface area (Å²) in [6.07, 6.45) is 6.23. The van der Waals surface area contributed by atoms with Crippen LogP contribution in [-0.4, -0.2) is 42.8 Å². The highest BCUT2D eigenvalue weighted by Crippen LogP contribution is 2.34. The Kier molecular flexibility index (Phi) is 5.59. The second-order valence-corrected chi connectivity index (χ2v) is 5.22. The zero-order valence-electron chi connectivity index (χ0n) is 12.9. The van der Waals surface area contributed by atoms with E-state index in [1.54, 1.807) is 13.4 Å². The molecule has 0 bridgehead atoms. The van der Waals surface area contributed by atoms with E-state index in [1.807, 2.05) is 0 Å². The average Bonchev–Trinajstić information content (AvgIpc) is 3.30. The Morgan fingerprint density at radius 2 is 2.15 bits per heavy atom. The van der Waals surface area contributed by atoms with Crippen molar-refractivity contribution >= 4 is 11.6 Å². The quantitative estimate of drug-likeness (QED) is 0.752. The summed E-state index contributed by atoms with van der Waals surface area (Å²) in [6.45, 7) is 6.92. The van der Waals surface area contributed by atoms with Gasteiger partial charge in [-0.25, -0.2) is 9.97 Å². The second-order valence-electron chi connectivity index (χ2n) is 5.22. The highest BCUT2D eigenvalue weighted by Gasteiger charge is 2.31. The second kappa shape index (κ2) is 7.43. The molecule has 1 aromatic heterocycles. The van der Waals surface area contributed by atoms with Crippen molar-refractivity contribution in [3.8, 4) is 0 Å². The van der Waals surface area contributed by atoms with Crippen molar-refractivity contribution in [2.75, 3.05) is 37.0 Å². The molecule has 2 rings (SSSR count). The largest absolute Gasteiger partial charge is 0.383 e. The fourth-order valence-electron chi connectivity index (χ4n) is 2.41. The maximum absolute atomic E-state index is 5.24. The molecule has 112 valence electrons. The van der Waals surface area contributed by atoms with Crippen molar-refractivity contribution in [3.63, 3.8) is 0 Å². The smallest absolute Gasteiger partial charge is 0.137 e. The van der Waals surface area contributed by atoms with Gasteiger partial charge in [-0.1, -0.05) is 13.8 Å². The van der Waals surface area contributed by atoms with Crippen molar-refractivity contribution < 1.29 is 4.74 Å². The molecule has 1 fully saturated rings. The zero-order valence-corrected chi connectivity index (χ0v) is 12.9. The highest BCUT2D eigenvalue weighted by molar-refractivity contribution is 5.59. The number of nitrogens with one attached hydrogen (secondary N) is 1. The Morgan fingerprint density at radius 1 is 1.35 bits per heavy atom. The minimum atomic E-state index is 0.629. The molecule has 5 nitrogen and oxygen atoms in total. The monoisotopic (exact) mass is 278 g/mol. The van der Waals surface area contributed by atoms with Gasteiger partial charge < -0.3 is 15.0 Å². The summed E-state index contributed by atoms with van der Waals surface area (Å²) in [7, 11) is 1.75. The van der Waals surface area contributed by atoms with E-state index in [0.717, 1.165) is 44.2 Å². The lowest BCUT2D eigenvalue weighted by Gasteiger charge is -2.26. The first-order valence-corrected chi connectivity index (χ1v) is 7.65. The van der Waals surface area contributed by atoms with Crippen LogP contribution in [0, 0.1) is 0 Å². The van der Waals surface area contributed by atoms with Gasteiger partial charge >= 0.3 is 0 Å². The molecule has 0 spiro atoms. The van der Waals surface area contributed by atoms with Gasteiger partial charge in [0, 0.05) is 31.8 Å². The van der Waals surface area contributed by atoms with Crippen molar-refractivity contribution in [1.82, 2.24) is 9.97 Å². The molecule has 0 aliphatic heterocycles. The lowest BCUT2D eigenvalue weighted by atomic mass is 10.2. The number of hydrogen-bond donors (Lipinski definition) is 1. The Bertz CT molecular complexity index is 420. The van der Waals surface area contributed by atoms with Crippen LogP contribution >= 0.6 is 0 Å². The molecule has 0 radical (unpaired) electrons. The van der Waals surface area contributed by atoms with E-state index < -0.39 is 0 Å². The normalized spacial score (nSPS) is 14.3. The van der Waals surface area contributed by atoms with Crippen LogP contribution in [0.15, 0.2) is 6.33 Å². The number of nitrogens with zero attached hydrogens (tertiary/aromatic N) is 3. The first kappa shape index (κ1) is 15.0. The Balaban J connectivity index is 2.23. The van der Waals surface area contributed by atoms with Crippen molar-refractivity contribution in [3.05, 3.63) is 11.9 Å². The van der Waals surface area contributed by atoms with E-state index in [2.05, 4.69) is 34.0 Å². The van der Waals surface area contributed by atoms with Crippen LogP contribution in [0.5, 0.6) is 0 Å². The molecule has 1 aromatic rings. The SMILES string of the molecule is CCCNc1ncnc(N(CCOC)C2CC2)c1CC. The number of hydrogen-bond acceptors (Lipinski definition) is 5. The number of methoxy groups -OCH3 is 1. The molecular formula is C15H26N4O. The van der Waals surface area contributed by atoms with Gasteiger partial charge in [-0.2, -0.15) is 0 Å². The fraction of sp³-hybridized carbons (Fsp3) is 0.733. The van der Waals surface area contributed by atoms with Gasteiger partial charge in [0.1, 0.15) is 18.0 Å². The molecule has 0 amide bonds. The van der Waals surface area contributed by atoms with E-state index in [-0.39, 0.29) is 0 Å². The van der Waals surface area contributed by atoms with Gasteiger partial charge in [0.2, 0.25) is 0 Å². The minimum absolute atomic E-state index is 0.629. The van der Waals surface area contributed by atoms with Gasteiger partial charge in [0.05, 0.1) is 6.61 Å². The van der Waals surface area contributed by atoms with E-state index in [0.29, 0.717) is 6.04 Å². The zero-order chi connectivity index (χ0) is 14.4. The molecule has 1 N–H and O–H groups in total. The molecule has 0 aromatic carbocycles. The van der Waals surface area contributed by atoms with Crippen LogP contribution in [0.25, 0.3) is 0 Å². The summed E-state index contributed by atoms with van der Waals surface area (Å²) in [5.41, 5.74) is 1.23. The molecule has 5 heteroatoms. The summed E-state index contributed by atoms with van der Waals surface area (Å²) < 4.78 is 5.24. The molecule has 1 heterocycles. The standard InChI is InChI=1S/C15H26N4O/c1-4-8-16-14-13(5-2)15(18-11-17-14)19(9-10-20-3)12-6-7-12/h11-12H,4-10H2,1-3H3,(H,16,17,18). The average molecular weight is 278 g/mol. The molecule has 0 atom stereocenters. The molecular weight excluding hydrogens is 252 g/mol. The van der Waals surface area contributed by atoms with Crippen molar-refractivity contribution in [2.24, 2.45) is 0 Å². The maximum atomic E-state index is 5.24. The molecule has 20 heavy (non-hydrogen) atoms. The topological polar surface area (TPSA) is 50.3 Å². The third-order valence-corrected chi connectivity index (χ3v) is 3.61. The summed E-state index contributed by atoms with van der Waals surface area (Å²) in [4.78, 5) is 11.4. The van der Waals surface area contributed by atoms with Crippen molar-refractivity contribution in [1.29, 1.82) is 0 Å². The summed E-state index contributed by atoms with van der Waals surface area (Å²) in [5.74, 6) is 2.07. The van der Waals surface area contributed by atoms with E-state index in [9.17, 15) is 0 Å². The first-order valence-electron chi connectivity index (χ1n) is 7.65. The third-order valence-electron chi connectivity index (χ3n) is 3.61. The lowest BCUT2D eigenvalue weighted by molar-refractivity contribution is 0.204. The molecule has 1 aliphatic rings. The van der Waals surface area contributed by atoms with Crippen LogP contribution in [0.1, 0.15) is 38.7 Å². The molecule has 0 unspecified atom stereocenters. The number of ether oxygens (including phenoxy) is 1. The van der Waals surface area contributed by atoms with E-state index in [1.165, 1.54) is 18.4 Å². The predicted octanol–water partition coefficient (Wildman–Crippen LogP) is 2.48. The summed E-state index contributed by atoms with van der Waals surface area (Å²) in [6, 6.07) is 0.629. The third kappa shape index (κ3) is 3.60. The summed E-state index contributed by atoms with van der Waals surface area (Å²) in [5, 5.41) is 3.42. The van der Waals surface area contributed by atoms with Gasteiger partial charge in [-0.3, -0.25) is 0 Å². The van der Waals surface area contributed by atoms with E-state index >= 15 is 0 Å². The Labute approximate surface area is 121 Å². The highest BCUT2D eigenvalue weighted by atomic mass is 16.5.